The third kappa shape index (κ3) is 6.84. The van der Waals surface area contributed by atoms with Crippen molar-refractivity contribution in [3.8, 4) is 0 Å². The van der Waals surface area contributed by atoms with Gasteiger partial charge in [0.25, 0.3) is 11.8 Å². The normalized spacial score (nSPS) is 15.2. The number of hydrogen-bond acceptors (Lipinski definition) is 4. The molecule has 1 aliphatic rings. The average molecular weight is 347 g/mol. The van der Waals surface area contributed by atoms with Crippen LogP contribution in [0, 0.1) is 5.92 Å². The molecule has 2 N–H and O–H groups in total. The predicted molar refractivity (Wildman–Crippen MR) is 97.8 cm³/mol. The number of ether oxygens (including phenoxy) is 1. The number of rotatable bonds is 8. The lowest BCUT2D eigenvalue weighted by molar-refractivity contribution is 0.0383. The number of morpholine rings is 1. The molecule has 0 unspecified atom stereocenters. The number of amides is 2. The lowest BCUT2D eigenvalue weighted by Gasteiger charge is -2.26. The minimum Gasteiger partial charge on any atom is -0.379 e. The lowest BCUT2D eigenvalue weighted by Crippen LogP contribution is -2.41. The topological polar surface area (TPSA) is 70.7 Å². The predicted octanol–water partition coefficient (Wildman–Crippen LogP) is 1.52. The molecule has 2 amide bonds. The quantitative estimate of drug-likeness (QED) is 0.748. The zero-order chi connectivity index (χ0) is 18.1. The van der Waals surface area contributed by atoms with E-state index in [1.807, 2.05) is 0 Å². The van der Waals surface area contributed by atoms with Gasteiger partial charge in [-0.3, -0.25) is 14.5 Å². The Labute approximate surface area is 149 Å². The highest BCUT2D eigenvalue weighted by Crippen LogP contribution is 2.05. The fraction of sp³-hybridized carbons (Fsp3) is 0.579. The first kappa shape index (κ1) is 19.4. The third-order valence-corrected chi connectivity index (χ3v) is 4.23. The van der Waals surface area contributed by atoms with Crippen LogP contribution in [0.1, 0.15) is 41.0 Å². The van der Waals surface area contributed by atoms with Crippen molar-refractivity contribution in [3.05, 3.63) is 35.4 Å². The highest BCUT2D eigenvalue weighted by molar-refractivity contribution is 5.97. The van der Waals surface area contributed by atoms with Crippen molar-refractivity contribution in [2.75, 3.05) is 45.9 Å². The Kier molecular flexibility index (Phi) is 7.88. The second-order valence-electron chi connectivity index (χ2n) is 6.73. The number of carbonyl (C=O) groups excluding carboxylic acids is 2. The van der Waals surface area contributed by atoms with Crippen LogP contribution in [-0.2, 0) is 4.74 Å². The molecule has 0 aromatic heterocycles. The van der Waals surface area contributed by atoms with Gasteiger partial charge in [0.05, 0.1) is 13.2 Å². The van der Waals surface area contributed by atoms with Crippen LogP contribution in [0.5, 0.6) is 0 Å². The van der Waals surface area contributed by atoms with E-state index in [0.717, 1.165) is 39.3 Å². The zero-order valence-corrected chi connectivity index (χ0v) is 15.2. The fourth-order valence-corrected chi connectivity index (χ4v) is 2.60. The summed E-state index contributed by atoms with van der Waals surface area (Å²) in [5, 5.41) is 5.81. The second-order valence-corrected chi connectivity index (χ2v) is 6.73. The maximum atomic E-state index is 12.2. The van der Waals surface area contributed by atoms with E-state index in [1.54, 1.807) is 24.3 Å². The first-order valence-corrected chi connectivity index (χ1v) is 9.03. The van der Waals surface area contributed by atoms with Crippen LogP contribution in [0.15, 0.2) is 24.3 Å². The van der Waals surface area contributed by atoms with Gasteiger partial charge in [0.1, 0.15) is 0 Å². The number of carbonyl (C=O) groups is 2. The van der Waals surface area contributed by atoms with E-state index in [1.165, 1.54) is 0 Å². The van der Waals surface area contributed by atoms with Crippen molar-refractivity contribution in [1.82, 2.24) is 15.5 Å². The molecule has 1 fully saturated rings. The summed E-state index contributed by atoms with van der Waals surface area (Å²) in [6, 6.07) is 6.78. The zero-order valence-electron chi connectivity index (χ0n) is 15.2. The van der Waals surface area contributed by atoms with E-state index in [4.69, 9.17) is 4.74 Å². The van der Waals surface area contributed by atoms with E-state index in [-0.39, 0.29) is 11.8 Å². The summed E-state index contributed by atoms with van der Waals surface area (Å²) < 4.78 is 5.30. The molecule has 1 heterocycles. The summed E-state index contributed by atoms with van der Waals surface area (Å²) >= 11 is 0. The smallest absolute Gasteiger partial charge is 0.251 e. The molecule has 0 atom stereocenters. The molecule has 1 aromatic carbocycles. The molecule has 0 radical (unpaired) electrons. The Bertz CT molecular complexity index is 552. The molecular weight excluding hydrogens is 318 g/mol. The molecule has 0 aliphatic carbocycles. The SMILES string of the molecule is CC(C)CCNC(=O)c1ccc(C(=O)NCCN2CCOCC2)cc1. The lowest BCUT2D eigenvalue weighted by atomic mass is 10.1. The minimum atomic E-state index is -0.111. The molecule has 0 spiro atoms. The van der Waals surface area contributed by atoms with Crippen molar-refractivity contribution in [1.29, 1.82) is 0 Å². The minimum absolute atomic E-state index is 0.0973. The fourth-order valence-electron chi connectivity index (χ4n) is 2.60. The van der Waals surface area contributed by atoms with Crippen molar-refractivity contribution < 1.29 is 14.3 Å². The highest BCUT2D eigenvalue weighted by atomic mass is 16.5. The van der Waals surface area contributed by atoms with Gasteiger partial charge in [-0.2, -0.15) is 0 Å². The molecule has 1 aromatic rings. The molecule has 138 valence electrons. The largest absolute Gasteiger partial charge is 0.379 e. The van der Waals surface area contributed by atoms with Gasteiger partial charge in [-0.15, -0.1) is 0 Å². The first-order chi connectivity index (χ1) is 12.1. The van der Waals surface area contributed by atoms with Crippen LogP contribution in [-0.4, -0.2) is 62.7 Å². The Balaban J connectivity index is 1.74. The van der Waals surface area contributed by atoms with E-state index in [0.29, 0.717) is 30.1 Å². The van der Waals surface area contributed by atoms with Gasteiger partial charge in [0.2, 0.25) is 0 Å². The molecule has 1 aliphatic heterocycles. The second kappa shape index (κ2) is 10.2. The van der Waals surface area contributed by atoms with Gasteiger partial charge in [0.15, 0.2) is 0 Å². The molecular formula is C19H29N3O3. The van der Waals surface area contributed by atoms with Gasteiger partial charge in [-0.25, -0.2) is 0 Å². The van der Waals surface area contributed by atoms with Gasteiger partial charge in [-0.05, 0) is 36.6 Å². The Morgan fingerprint density at radius 3 is 2.04 bits per heavy atom. The number of hydrogen-bond donors (Lipinski definition) is 2. The van der Waals surface area contributed by atoms with Crippen molar-refractivity contribution in [3.63, 3.8) is 0 Å². The van der Waals surface area contributed by atoms with E-state index in [9.17, 15) is 9.59 Å². The van der Waals surface area contributed by atoms with Crippen LogP contribution in [0.25, 0.3) is 0 Å². The van der Waals surface area contributed by atoms with Gasteiger partial charge < -0.3 is 15.4 Å². The van der Waals surface area contributed by atoms with Crippen molar-refractivity contribution in [2.45, 2.75) is 20.3 Å². The molecule has 25 heavy (non-hydrogen) atoms. The van der Waals surface area contributed by atoms with Crippen molar-refractivity contribution >= 4 is 11.8 Å². The van der Waals surface area contributed by atoms with Crippen LogP contribution in [0.3, 0.4) is 0 Å². The average Bonchev–Trinajstić information content (AvgIpc) is 2.62. The van der Waals surface area contributed by atoms with E-state index >= 15 is 0 Å². The van der Waals surface area contributed by atoms with E-state index < -0.39 is 0 Å². The summed E-state index contributed by atoms with van der Waals surface area (Å²) in [6.07, 6.45) is 0.954. The molecule has 1 saturated heterocycles. The summed E-state index contributed by atoms with van der Waals surface area (Å²) in [7, 11) is 0. The standard InChI is InChI=1S/C19H29N3O3/c1-15(2)7-8-20-18(23)16-3-5-17(6-4-16)19(24)21-9-10-22-11-13-25-14-12-22/h3-6,15H,7-14H2,1-2H3,(H,20,23)(H,21,24). The van der Waals surface area contributed by atoms with Crippen molar-refractivity contribution in [2.24, 2.45) is 5.92 Å². The monoisotopic (exact) mass is 347 g/mol. The van der Waals surface area contributed by atoms with Crippen LogP contribution in [0.2, 0.25) is 0 Å². The first-order valence-electron chi connectivity index (χ1n) is 9.03. The van der Waals surface area contributed by atoms with Crippen LogP contribution in [0.4, 0.5) is 0 Å². The Morgan fingerprint density at radius 1 is 1.00 bits per heavy atom. The maximum Gasteiger partial charge on any atom is 0.251 e. The highest BCUT2D eigenvalue weighted by Gasteiger charge is 2.11. The Hall–Kier alpha value is -1.92. The Morgan fingerprint density at radius 2 is 1.52 bits per heavy atom. The molecule has 0 saturated carbocycles. The van der Waals surface area contributed by atoms with Gasteiger partial charge in [-0.1, -0.05) is 13.8 Å². The summed E-state index contributed by atoms with van der Waals surface area (Å²) in [4.78, 5) is 26.5. The molecule has 0 bridgehead atoms. The van der Waals surface area contributed by atoms with Gasteiger partial charge in [0, 0.05) is 43.9 Å². The van der Waals surface area contributed by atoms with Gasteiger partial charge >= 0.3 is 0 Å². The molecule has 2 rings (SSSR count). The summed E-state index contributed by atoms with van der Waals surface area (Å²) in [6.45, 7) is 9.69. The van der Waals surface area contributed by atoms with Crippen LogP contribution >= 0.6 is 0 Å². The number of nitrogens with one attached hydrogen (secondary N) is 2. The van der Waals surface area contributed by atoms with E-state index in [2.05, 4.69) is 29.4 Å². The maximum absolute atomic E-state index is 12.2. The summed E-state index contributed by atoms with van der Waals surface area (Å²) in [5.74, 6) is 0.351. The summed E-state index contributed by atoms with van der Waals surface area (Å²) in [5.41, 5.74) is 1.15. The third-order valence-electron chi connectivity index (χ3n) is 4.23. The van der Waals surface area contributed by atoms with Crippen LogP contribution < -0.4 is 10.6 Å². The molecule has 6 nitrogen and oxygen atoms in total. The number of benzene rings is 1. The molecule has 6 heteroatoms. The number of nitrogens with zero attached hydrogens (tertiary/aromatic N) is 1.